The standard InChI is InChI=1S/C35H68N2O2/c1-3-5-7-9-11-13-15-17-19-21-23-25-27-29-35(38)39-33-32-37-31-30-36-34(37)28-26-24-22-20-18-16-14-12-10-8-6-4-2/h3-33H2,1-2H3. The Hall–Kier alpha value is -1.06. The van der Waals surface area contributed by atoms with Crippen molar-refractivity contribution in [2.24, 2.45) is 4.99 Å². The Bertz CT molecular complexity index is 563. The van der Waals surface area contributed by atoms with Gasteiger partial charge in [-0.1, -0.05) is 162 Å². The summed E-state index contributed by atoms with van der Waals surface area (Å²) in [5.41, 5.74) is 0. The van der Waals surface area contributed by atoms with Crippen molar-refractivity contribution in [2.75, 3.05) is 26.2 Å². The number of rotatable bonds is 30. The normalized spacial score (nSPS) is 13.3. The van der Waals surface area contributed by atoms with Gasteiger partial charge in [-0.15, -0.1) is 0 Å². The van der Waals surface area contributed by atoms with Crippen molar-refractivity contribution in [3.63, 3.8) is 0 Å². The molecular formula is C35H68N2O2. The number of hydrogen-bond donors (Lipinski definition) is 0. The first-order chi connectivity index (χ1) is 19.3. The van der Waals surface area contributed by atoms with Crippen LogP contribution in [-0.4, -0.2) is 42.9 Å². The average molecular weight is 549 g/mol. The summed E-state index contributed by atoms with van der Waals surface area (Å²) in [4.78, 5) is 19.2. The fraction of sp³-hybridized carbons (Fsp3) is 0.943. The first kappa shape index (κ1) is 36.0. The van der Waals surface area contributed by atoms with Crippen LogP contribution in [0.5, 0.6) is 0 Å². The van der Waals surface area contributed by atoms with E-state index >= 15 is 0 Å². The first-order valence-electron chi connectivity index (χ1n) is 17.7. The quantitative estimate of drug-likeness (QED) is 0.0662. The molecule has 1 aliphatic heterocycles. The molecule has 0 N–H and O–H groups in total. The summed E-state index contributed by atoms with van der Waals surface area (Å²) in [6.07, 6.45) is 35.6. The predicted molar refractivity (Wildman–Crippen MR) is 171 cm³/mol. The third-order valence-electron chi connectivity index (χ3n) is 8.39. The van der Waals surface area contributed by atoms with Gasteiger partial charge < -0.3 is 9.64 Å². The Morgan fingerprint density at radius 2 is 1.03 bits per heavy atom. The van der Waals surface area contributed by atoms with Gasteiger partial charge in [-0.05, 0) is 12.8 Å². The number of aliphatic imine (C=N–C) groups is 1. The molecule has 1 aliphatic rings. The monoisotopic (exact) mass is 549 g/mol. The van der Waals surface area contributed by atoms with Gasteiger partial charge in [0.15, 0.2) is 0 Å². The molecule has 0 atom stereocenters. The molecule has 0 bridgehead atoms. The van der Waals surface area contributed by atoms with Gasteiger partial charge in [0.25, 0.3) is 0 Å². The van der Waals surface area contributed by atoms with Gasteiger partial charge in [0.1, 0.15) is 6.61 Å². The lowest BCUT2D eigenvalue weighted by molar-refractivity contribution is -0.143. The van der Waals surface area contributed by atoms with Gasteiger partial charge >= 0.3 is 5.97 Å². The van der Waals surface area contributed by atoms with Crippen LogP contribution < -0.4 is 0 Å². The molecule has 1 rings (SSSR count). The number of amidine groups is 1. The molecule has 230 valence electrons. The zero-order valence-corrected chi connectivity index (χ0v) is 26.6. The third kappa shape index (κ3) is 23.4. The molecule has 1 heterocycles. The van der Waals surface area contributed by atoms with Crippen LogP contribution in [0.3, 0.4) is 0 Å². The number of unbranched alkanes of at least 4 members (excludes halogenated alkanes) is 23. The SMILES string of the molecule is CCCCCCCCCCCCCCCC(=O)OCCN1CCN=C1CCCCCCCCCCCCCC. The molecule has 4 nitrogen and oxygen atoms in total. The maximum Gasteiger partial charge on any atom is 0.305 e. The second-order valence-electron chi connectivity index (χ2n) is 12.1. The van der Waals surface area contributed by atoms with Crippen LogP contribution in [-0.2, 0) is 9.53 Å². The highest BCUT2D eigenvalue weighted by Crippen LogP contribution is 2.15. The highest BCUT2D eigenvalue weighted by molar-refractivity contribution is 5.83. The first-order valence-corrected chi connectivity index (χ1v) is 17.7. The van der Waals surface area contributed by atoms with Crippen molar-refractivity contribution in [3.05, 3.63) is 0 Å². The van der Waals surface area contributed by atoms with E-state index in [2.05, 4.69) is 18.7 Å². The molecule has 0 unspecified atom stereocenters. The second kappa shape index (κ2) is 28.5. The van der Waals surface area contributed by atoms with E-state index in [1.165, 1.54) is 154 Å². The molecule has 0 radical (unpaired) electrons. The lowest BCUT2D eigenvalue weighted by atomic mass is 10.0. The van der Waals surface area contributed by atoms with Crippen LogP contribution in [0.1, 0.15) is 187 Å². The molecule has 4 heteroatoms. The van der Waals surface area contributed by atoms with Gasteiger partial charge in [0.05, 0.1) is 18.9 Å². The lowest BCUT2D eigenvalue weighted by Crippen LogP contribution is -2.31. The van der Waals surface area contributed by atoms with Crippen LogP contribution in [0, 0.1) is 0 Å². The third-order valence-corrected chi connectivity index (χ3v) is 8.39. The van der Waals surface area contributed by atoms with Crippen LogP contribution in [0.2, 0.25) is 0 Å². The van der Waals surface area contributed by atoms with Crippen molar-refractivity contribution in [1.29, 1.82) is 0 Å². The minimum Gasteiger partial charge on any atom is -0.464 e. The maximum atomic E-state index is 12.1. The summed E-state index contributed by atoms with van der Waals surface area (Å²) >= 11 is 0. The number of hydrogen-bond acceptors (Lipinski definition) is 4. The van der Waals surface area contributed by atoms with Crippen molar-refractivity contribution in [3.8, 4) is 0 Å². The Balaban J connectivity index is 1.87. The van der Waals surface area contributed by atoms with Crippen LogP contribution >= 0.6 is 0 Å². The number of ether oxygens (including phenoxy) is 1. The Morgan fingerprint density at radius 3 is 1.49 bits per heavy atom. The van der Waals surface area contributed by atoms with E-state index in [0.29, 0.717) is 13.0 Å². The fourth-order valence-corrected chi connectivity index (χ4v) is 5.76. The molecular weight excluding hydrogens is 480 g/mol. The fourth-order valence-electron chi connectivity index (χ4n) is 5.76. The summed E-state index contributed by atoms with van der Waals surface area (Å²) in [6.45, 7) is 7.78. The van der Waals surface area contributed by atoms with Gasteiger partial charge in [0.2, 0.25) is 0 Å². The highest BCUT2D eigenvalue weighted by Gasteiger charge is 2.16. The minimum atomic E-state index is -0.0169. The molecule has 0 amide bonds. The second-order valence-corrected chi connectivity index (χ2v) is 12.1. The van der Waals surface area contributed by atoms with Crippen molar-refractivity contribution >= 4 is 11.8 Å². The number of carbonyl (C=O) groups is 1. The van der Waals surface area contributed by atoms with Crippen molar-refractivity contribution in [1.82, 2.24) is 4.90 Å². The van der Waals surface area contributed by atoms with E-state index in [9.17, 15) is 4.79 Å². The summed E-state index contributed by atoms with van der Waals surface area (Å²) in [5, 5.41) is 0. The van der Waals surface area contributed by atoms with Crippen molar-refractivity contribution in [2.45, 2.75) is 187 Å². The maximum absolute atomic E-state index is 12.1. The van der Waals surface area contributed by atoms with Gasteiger partial charge in [-0.2, -0.15) is 0 Å². The van der Waals surface area contributed by atoms with Crippen LogP contribution in [0.15, 0.2) is 4.99 Å². The molecule has 0 fully saturated rings. The molecule has 0 aliphatic carbocycles. The van der Waals surface area contributed by atoms with E-state index in [-0.39, 0.29) is 5.97 Å². The molecule has 0 spiro atoms. The summed E-state index contributed by atoms with van der Waals surface area (Å²) in [5.74, 6) is 1.23. The van der Waals surface area contributed by atoms with E-state index in [1.54, 1.807) is 0 Å². The molecule has 0 aromatic heterocycles. The smallest absolute Gasteiger partial charge is 0.305 e. The Labute approximate surface area is 244 Å². The zero-order valence-electron chi connectivity index (χ0n) is 26.6. The van der Waals surface area contributed by atoms with E-state index in [1.807, 2.05) is 0 Å². The molecule has 0 saturated carbocycles. The number of carbonyl (C=O) groups excluding carboxylic acids is 1. The molecule has 39 heavy (non-hydrogen) atoms. The van der Waals surface area contributed by atoms with Crippen molar-refractivity contribution < 1.29 is 9.53 Å². The molecule has 0 aromatic carbocycles. The highest BCUT2D eigenvalue weighted by atomic mass is 16.5. The number of esters is 1. The summed E-state index contributed by atoms with van der Waals surface area (Å²) in [7, 11) is 0. The predicted octanol–water partition coefficient (Wildman–Crippen LogP) is 10.8. The molecule has 0 aromatic rings. The largest absolute Gasteiger partial charge is 0.464 e. The van der Waals surface area contributed by atoms with Gasteiger partial charge in [-0.3, -0.25) is 9.79 Å². The van der Waals surface area contributed by atoms with Crippen LogP contribution in [0.4, 0.5) is 0 Å². The Morgan fingerprint density at radius 1 is 0.615 bits per heavy atom. The van der Waals surface area contributed by atoms with E-state index < -0.39 is 0 Å². The van der Waals surface area contributed by atoms with E-state index in [0.717, 1.165) is 38.9 Å². The number of nitrogens with zero attached hydrogens (tertiary/aromatic N) is 2. The lowest BCUT2D eigenvalue weighted by Gasteiger charge is -2.20. The zero-order chi connectivity index (χ0) is 28.1. The summed E-state index contributed by atoms with van der Waals surface area (Å²) < 4.78 is 5.54. The minimum absolute atomic E-state index is 0.0169. The summed E-state index contributed by atoms with van der Waals surface area (Å²) in [6, 6.07) is 0. The Kier molecular flexibility index (Phi) is 26.3. The van der Waals surface area contributed by atoms with Gasteiger partial charge in [-0.25, -0.2) is 0 Å². The van der Waals surface area contributed by atoms with Gasteiger partial charge in [0, 0.05) is 19.4 Å². The topological polar surface area (TPSA) is 41.9 Å². The van der Waals surface area contributed by atoms with E-state index in [4.69, 9.17) is 9.73 Å². The average Bonchev–Trinajstić information content (AvgIpc) is 3.39. The van der Waals surface area contributed by atoms with Crippen LogP contribution in [0.25, 0.3) is 0 Å². The molecule has 0 saturated heterocycles.